The zero-order chi connectivity index (χ0) is 16.1. The van der Waals surface area contributed by atoms with Gasteiger partial charge in [-0.3, -0.25) is 9.69 Å². The summed E-state index contributed by atoms with van der Waals surface area (Å²) in [6.45, 7) is 3.93. The van der Waals surface area contributed by atoms with Crippen molar-refractivity contribution in [3.8, 4) is 0 Å². The molecule has 5 heteroatoms. The highest BCUT2D eigenvalue weighted by atomic mass is 35.5. The number of carbonyl (C=O) groups excluding carboxylic acids is 1. The molecule has 0 spiro atoms. The highest BCUT2D eigenvalue weighted by Gasteiger charge is 2.25. The first kappa shape index (κ1) is 18.9. The number of carbonyl (C=O) groups is 1. The lowest BCUT2D eigenvalue weighted by Crippen LogP contribution is -2.40. The summed E-state index contributed by atoms with van der Waals surface area (Å²) in [6.07, 6.45) is 0. The molecule has 1 aliphatic heterocycles. The third-order valence-corrected chi connectivity index (χ3v) is 4.44. The van der Waals surface area contributed by atoms with Crippen LogP contribution in [0, 0.1) is 0 Å². The van der Waals surface area contributed by atoms with Crippen molar-refractivity contribution >= 4 is 29.8 Å². The Kier molecular flexibility index (Phi) is 7.25. The van der Waals surface area contributed by atoms with Crippen molar-refractivity contribution in [2.24, 2.45) is 0 Å². The summed E-state index contributed by atoms with van der Waals surface area (Å²) in [5.74, 6) is -0.0326. The first-order valence-electron chi connectivity index (χ1n) is 7.89. The molecule has 3 rings (SSSR count). The van der Waals surface area contributed by atoms with E-state index in [0.717, 1.165) is 38.4 Å². The minimum atomic E-state index is -0.171. The summed E-state index contributed by atoms with van der Waals surface area (Å²) in [7, 11) is 0. The summed E-state index contributed by atoms with van der Waals surface area (Å²) in [5.41, 5.74) is 1.76. The van der Waals surface area contributed by atoms with Crippen molar-refractivity contribution in [1.82, 2.24) is 4.90 Å². The molecule has 3 nitrogen and oxygen atoms in total. The fourth-order valence-electron chi connectivity index (χ4n) is 2.88. The van der Waals surface area contributed by atoms with Gasteiger partial charge in [0.25, 0.3) is 0 Å². The molecule has 24 heavy (non-hydrogen) atoms. The van der Waals surface area contributed by atoms with E-state index in [-0.39, 0.29) is 24.1 Å². The fourth-order valence-corrected chi connectivity index (χ4v) is 3.01. The summed E-state index contributed by atoms with van der Waals surface area (Å²) in [5, 5.41) is 0.644. The lowest BCUT2D eigenvalue weighted by molar-refractivity contribution is 0.0345. The Hall–Kier alpha value is -1.39. The Morgan fingerprint density at radius 1 is 1.04 bits per heavy atom. The van der Waals surface area contributed by atoms with E-state index in [4.69, 9.17) is 16.3 Å². The molecule has 0 aromatic heterocycles. The molecule has 1 aliphatic rings. The molecule has 0 radical (unpaired) electrons. The SMILES string of the molecule is Cl.O=C(c1ccc(Cl)cc1)C(CN1CCOCC1)c1ccccc1. The lowest BCUT2D eigenvalue weighted by Gasteiger charge is -2.30. The number of halogens is 2. The van der Waals surface area contributed by atoms with Gasteiger partial charge in [0.2, 0.25) is 0 Å². The maximum atomic E-state index is 13.0. The van der Waals surface area contributed by atoms with Gasteiger partial charge in [0, 0.05) is 30.2 Å². The van der Waals surface area contributed by atoms with Crippen LogP contribution in [0.25, 0.3) is 0 Å². The van der Waals surface area contributed by atoms with E-state index < -0.39 is 0 Å². The van der Waals surface area contributed by atoms with Crippen molar-refractivity contribution in [2.75, 3.05) is 32.8 Å². The maximum absolute atomic E-state index is 13.0. The molecular weight excluding hydrogens is 345 g/mol. The minimum Gasteiger partial charge on any atom is -0.379 e. The number of Topliss-reactive ketones (excluding diaryl/α,β-unsaturated/α-hetero) is 1. The van der Waals surface area contributed by atoms with Crippen molar-refractivity contribution in [3.63, 3.8) is 0 Å². The molecule has 1 unspecified atom stereocenters. The van der Waals surface area contributed by atoms with Crippen LogP contribution < -0.4 is 0 Å². The number of ether oxygens (including phenoxy) is 1. The van der Waals surface area contributed by atoms with Gasteiger partial charge >= 0.3 is 0 Å². The molecule has 1 fully saturated rings. The number of nitrogens with zero attached hydrogens (tertiary/aromatic N) is 1. The van der Waals surface area contributed by atoms with Crippen LogP contribution in [-0.4, -0.2) is 43.5 Å². The fraction of sp³-hybridized carbons (Fsp3) is 0.316. The van der Waals surface area contributed by atoms with E-state index in [1.54, 1.807) is 24.3 Å². The second-order valence-corrected chi connectivity index (χ2v) is 6.18. The molecule has 0 saturated carbocycles. The van der Waals surface area contributed by atoms with Crippen LogP contribution in [0.4, 0.5) is 0 Å². The molecule has 128 valence electrons. The molecule has 2 aromatic rings. The Morgan fingerprint density at radius 2 is 1.67 bits per heavy atom. The Bertz CT molecular complexity index is 640. The molecule has 1 atom stereocenters. The van der Waals surface area contributed by atoms with E-state index in [0.29, 0.717) is 10.6 Å². The van der Waals surface area contributed by atoms with Gasteiger partial charge in [-0.05, 0) is 29.8 Å². The van der Waals surface area contributed by atoms with Crippen LogP contribution >= 0.6 is 24.0 Å². The molecule has 0 amide bonds. The standard InChI is InChI=1S/C19H20ClNO2.ClH/c20-17-8-6-16(7-9-17)19(22)18(15-4-2-1-3-5-15)14-21-10-12-23-13-11-21;/h1-9,18H,10-14H2;1H. The predicted octanol–water partition coefficient (Wildman–Crippen LogP) is 4.06. The molecule has 1 saturated heterocycles. The van der Waals surface area contributed by atoms with Gasteiger partial charge in [0.1, 0.15) is 0 Å². The summed E-state index contributed by atoms with van der Waals surface area (Å²) < 4.78 is 5.40. The number of benzene rings is 2. The van der Waals surface area contributed by atoms with Crippen LogP contribution in [0.1, 0.15) is 21.8 Å². The van der Waals surface area contributed by atoms with E-state index in [1.807, 2.05) is 30.3 Å². The van der Waals surface area contributed by atoms with E-state index in [1.165, 1.54) is 0 Å². The topological polar surface area (TPSA) is 29.5 Å². The molecule has 2 aromatic carbocycles. The van der Waals surface area contributed by atoms with Crippen LogP contribution in [0.2, 0.25) is 5.02 Å². The van der Waals surface area contributed by atoms with Gasteiger partial charge in [-0.15, -0.1) is 12.4 Å². The highest BCUT2D eigenvalue weighted by Crippen LogP contribution is 2.23. The zero-order valence-corrected chi connectivity index (χ0v) is 14.9. The van der Waals surface area contributed by atoms with Gasteiger partial charge < -0.3 is 4.74 Å². The third kappa shape index (κ3) is 4.81. The second-order valence-electron chi connectivity index (χ2n) is 5.75. The normalized spacial score (nSPS) is 16.2. The lowest BCUT2D eigenvalue weighted by atomic mass is 9.90. The van der Waals surface area contributed by atoms with Gasteiger partial charge in [0.05, 0.1) is 19.1 Å². The predicted molar refractivity (Wildman–Crippen MR) is 99.5 cm³/mol. The van der Waals surface area contributed by atoms with Crippen LogP contribution in [0.5, 0.6) is 0 Å². The van der Waals surface area contributed by atoms with Crippen molar-refractivity contribution in [1.29, 1.82) is 0 Å². The smallest absolute Gasteiger partial charge is 0.171 e. The largest absolute Gasteiger partial charge is 0.379 e. The van der Waals surface area contributed by atoms with Crippen LogP contribution in [0.15, 0.2) is 54.6 Å². The van der Waals surface area contributed by atoms with Crippen molar-refractivity contribution in [3.05, 3.63) is 70.7 Å². The Labute approximate surface area is 154 Å². The van der Waals surface area contributed by atoms with E-state index in [2.05, 4.69) is 4.90 Å². The molecule has 0 bridgehead atoms. The first-order chi connectivity index (χ1) is 11.2. The number of rotatable bonds is 5. The van der Waals surface area contributed by atoms with Gasteiger partial charge in [0.15, 0.2) is 5.78 Å². The van der Waals surface area contributed by atoms with Gasteiger partial charge in [-0.25, -0.2) is 0 Å². The summed E-state index contributed by atoms with van der Waals surface area (Å²) in [4.78, 5) is 15.3. The number of hydrogen-bond donors (Lipinski definition) is 0. The first-order valence-corrected chi connectivity index (χ1v) is 8.26. The zero-order valence-electron chi connectivity index (χ0n) is 13.4. The van der Waals surface area contributed by atoms with E-state index in [9.17, 15) is 4.79 Å². The second kappa shape index (κ2) is 9.19. The molecule has 0 aliphatic carbocycles. The van der Waals surface area contributed by atoms with E-state index >= 15 is 0 Å². The van der Waals surface area contributed by atoms with Gasteiger partial charge in [-0.2, -0.15) is 0 Å². The average Bonchev–Trinajstić information content (AvgIpc) is 2.61. The third-order valence-electron chi connectivity index (χ3n) is 4.19. The Balaban J connectivity index is 0.00000208. The summed E-state index contributed by atoms with van der Waals surface area (Å²) >= 11 is 5.94. The summed E-state index contributed by atoms with van der Waals surface area (Å²) in [6, 6.07) is 17.1. The monoisotopic (exact) mass is 365 g/mol. The van der Waals surface area contributed by atoms with Crippen LogP contribution in [-0.2, 0) is 4.74 Å². The average molecular weight is 366 g/mol. The molecular formula is C19H21Cl2NO2. The molecule has 0 N–H and O–H groups in total. The minimum absolute atomic E-state index is 0. The van der Waals surface area contributed by atoms with Crippen molar-refractivity contribution < 1.29 is 9.53 Å². The Morgan fingerprint density at radius 3 is 2.29 bits per heavy atom. The van der Waals surface area contributed by atoms with Crippen LogP contribution in [0.3, 0.4) is 0 Å². The van der Waals surface area contributed by atoms with Crippen molar-refractivity contribution in [2.45, 2.75) is 5.92 Å². The quantitative estimate of drug-likeness (QED) is 0.748. The molecule has 1 heterocycles. The highest BCUT2D eigenvalue weighted by molar-refractivity contribution is 6.30. The maximum Gasteiger partial charge on any atom is 0.171 e. The number of morpholine rings is 1. The number of hydrogen-bond acceptors (Lipinski definition) is 3. The van der Waals surface area contributed by atoms with Gasteiger partial charge in [-0.1, -0.05) is 41.9 Å². The number of ketones is 1.